The number of hydrogen-bond acceptors (Lipinski definition) is 8. The molecule has 1 atom stereocenters. The topological polar surface area (TPSA) is 105 Å². The summed E-state index contributed by atoms with van der Waals surface area (Å²) in [6.45, 7) is 4.30. The molecule has 0 aliphatic carbocycles. The molecule has 2 amide bonds. The van der Waals surface area contributed by atoms with Crippen LogP contribution in [0.2, 0.25) is 0 Å². The maximum absolute atomic E-state index is 14.2. The number of pyridine rings is 2. The minimum atomic E-state index is -0.878. The molecule has 1 unspecified atom stereocenters. The summed E-state index contributed by atoms with van der Waals surface area (Å²) >= 11 is 1.24. The Morgan fingerprint density at radius 3 is 2.19 bits per heavy atom. The predicted octanol–water partition coefficient (Wildman–Crippen LogP) is 5.63. The van der Waals surface area contributed by atoms with E-state index < -0.39 is 17.9 Å². The van der Waals surface area contributed by atoms with Gasteiger partial charge < -0.3 is 15.0 Å². The average Bonchev–Trinajstić information content (AvgIpc) is 3.14. The van der Waals surface area contributed by atoms with Crippen molar-refractivity contribution in [1.82, 2.24) is 25.1 Å². The number of hydrogen-bond donors (Lipinski definition) is 1. The summed E-state index contributed by atoms with van der Waals surface area (Å²) in [5, 5.41) is 4.25. The first-order valence-electron chi connectivity index (χ1n) is 16.0. The highest BCUT2D eigenvalue weighted by Gasteiger charge is 2.32. The van der Waals surface area contributed by atoms with Crippen molar-refractivity contribution >= 4 is 40.4 Å². The Hall–Kier alpha value is -5.06. The lowest BCUT2D eigenvalue weighted by atomic mass is 9.96. The summed E-state index contributed by atoms with van der Waals surface area (Å²) in [5.41, 5.74) is 3.85. The highest BCUT2D eigenvalue weighted by molar-refractivity contribution is 7.99. The van der Waals surface area contributed by atoms with Gasteiger partial charge in [-0.2, -0.15) is 0 Å². The van der Waals surface area contributed by atoms with Gasteiger partial charge in [-0.05, 0) is 42.3 Å². The van der Waals surface area contributed by atoms with Crippen molar-refractivity contribution in [1.29, 1.82) is 0 Å². The fourth-order valence-electron chi connectivity index (χ4n) is 5.95. The van der Waals surface area contributed by atoms with E-state index in [-0.39, 0.29) is 24.3 Å². The molecule has 244 valence electrons. The van der Waals surface area contributed by atoms with E-state index >= 15 is 0 Å². The van der Waals surface area contributed by atoms with Crippen molar-refractivity contribution in [3.8, 4) is 0 Å². The van der Waals surface area contributed by atoms with Crippen LogP contribution in [0, 0.1) is 0 Å². The molecule has 48 heavy (non-hydrogen) atoms. The molecule has 9 nitrogen and oxygen atoms in total. The molecule has 0 bridgehead atoms. The van der Waals surface area contributed by atoms with Gasteiger partial charge in [-0.25, -0.2) is 9.78 Å². The Bertz CT molecular complexity index is 1830. The van der Waals surface area contributed by atoms with Gasteiger partial charge in [0.05, 0.1) is 29.3 Å². The highest BCUT2D eigenvalue weighted by atomic mass is 32.2. The second-order valence-electron chi connectivity index (χ2n) is 11.4. The SMILES string of the molecule is CCOC(=O)c1cccnc1SCC(NC(=O)c1cnc2ccccc2c1)C(=O)N1CCN(C(c2ccccc2)c2ccccc2)CC1. The molecular formula is C38H37N5O4S. The van der Waals surface area contributed by atoms with Crippen LogP contribution in [-0.2, 0) is 9.53 Å². The van der Waals surface area contributed by atoms with Crippen LogP contribution in [0.1, 0.15) is 44.8 Å². The molecule has 3 heterocycles. The smallest absolute Gasteiger partial charge is 0.340 e. The van der Waals surface area contributed by atoms with Crippen LogP contribution in [0.3, 0.4) is 0 Å². The lowest BCUT2D eigenvalue weighted by molar-refractivity contribution is -0.134. The fraction of sp³-hybridized carbons (Fsp3) is 0.237. The maximum atomic E-state index is 14.2. The number of rotatable bonds is 11. The molecule has 0 spiro atoms. The van der Waals surface area contributed by atoms with Gasteiger partial charge in [-0.1, -0.05) is 78.9 Å². The largest absolute Gasteiger partial charge is 0.462 e. The average molecular weight is 660 g/mol. The van der Waals surface area contributed by atoms with E-state index in [2.05, 4.69) is 68.7 Å². The molecule has 5 aromatic rings. The second-order valence-corrected chi connectivity index (χ2v) is 12.4. The lowest BCUT2D eigenvalue weighted by Crippen LogP contribution is -2.56. The molecule has 10 heteroatoms. The molecule has 1 N–H and O–H groups in total. The summed E-state index contributed by atoms with van der Waals surface area (Å²) in [7, 11) is 0. The van der Waals surface area contributed by atoms with Gasteiger partial charge in [0.25, 0.3) is 5.91 Å². The number of thioether (sulfide) groups is 1. The molecule has 1 aliphatic heterocycles. The zero-order chi connectivity index (χ0) is 33.3. The monoisotopic (exact) mass is 659 g/mol. The van der Waals surface area contributed by atoms with Gasteiger partial charge in [-0.15, -0.1) is 11.8 Å². The molecule has 6 rings (SSSR count). The van der Waals surface area contributed by atoms with E-state index in [0.29, 0.717) is 42.3 Å². The fourth-order valence-corrected chi connectivity index (χ4v) is 6.94. The Morgan fingerprint density at radius 1 is 0.833 bits per heavy atom. The molecule has 0 radical (unpaired) electrons. The number of aromatic nitrogens is 2. The van der Waals surface area contributed by atoms with Gasteiger partial charge in [0, 0.05) is 49.7 Å². The first-order valence-corrected chi connectivity index (χ1v) is 17.0. The van der Waals surface area contributed by atoms with Crippen molar-refractivity contribution in [3.63, 3.8) is 0 Å². The van der Waals surface area contributed by atoms with Crippen LogP contribution >= 0.6 is 11.8 Å². The highest BCUT2D eigenvalue weighted by Crippen LogP contribution is 2.30. The first kappa shape index (κ1) is 32.9. The van der Waals surface area contributed by atoms with E-state index in [1.54, 1.807) is 31.3 Å². The van der Waals surface area contributed by atoms with Gasteiger partial charge in [0.15, 0.2) is 0 Å². The van der Waals surface area contributed by atoms with Crippen LogP contribution in [0.5, 0.6) is 0 Å². The minimum absolute atomic E-state index is 0.0570. The number of nitrogens with zero attached hydrogens (tertiary/aromatic N) is 4. The minimum Gasteiger partial charge on any atom is -0.462 e. The van der Waals surface area contributed by atoms with Crippen molar-refractivity contribution in [2.24, 2.45) is 0 Å². The Labute approximate surface area is 284 Å². The lowest BCUT2D eigenvalue weighted by Gasteiger charge is -2.40. The van der Waals surface area contributed by atoms with E-state index in [0.717, 1.165) is 10.9 Å². The van der Waals surface area contributed by atoms with Crippen LogP contribution < -0.4 is 5.32 Å². The number of piperazine rings is 1. The van der Waals surface area contributed by atoms with Gasteiger partial charge >= 0.3 is 5.97 Å². The van der Waals surface area contributed by atoms with Crippen molar-refractivity contribution in [3.05, 3.63) is 138 Å². The summed E-state index contributed by atoms with van der Waals surface area (Å²) in [6, 6.07) is 32.6. The quantitative estimate of drug-likeness (QED) is 0.144. The number of esters is 1. The van der Waals surface area contributed by atoms with Crippen LogP contribution in [-0.4, -0.2) is 82.1 Å². The van der Waals surface area contributed by atoms with E-state index in [9.17, 15) is 14.4 Å². The first-order chi connectivity index (χ1) is 23.5. The van der Waals surface area contributed by atoms with Crippen molar-refractivity contribution < 1.29 is 19.1 Å². The molecule has 1 fully saturated rings. The van der Waals surface area contributed by atoms with Gasteiger partial charge in [0.1, 0.15) is 11.1 Å². The van der Waals surface area contributed by atoms with Gasteiger partial charge in [-0.3, -0.25) is 19.5 Å². The van der Waals surface area contributed by atoms with Crippen molar-refractivity contribution in [2.45, 2.75) is 24.0 Å². The normalized spacial score (nSPS) is 14.1. The zero-order valence-corrected chi connectivity index (χ0v) is 27.5. The number of carbonyl (C=O) groups excluding carboxylic acids is 3. The zero-order valence-electron chi connectivity index (χ0n) is 26.7. The van der Waals surface area contributed by atoms with Crippen LogP contribution in [0.4, 0.5) is 0 Å². The summed E-state index contributed by atoms with van der Waals surface area (Å²) in [6.07, 6.45) is 3.12. The molecular weight excluding hydrogens is 623 g/mol. The molecule has 3 aromatic carbocycles. The third-order valence-corrected chi connectivity index (χ3v) is 9.43. The number of para-hydroxylation sites is 1. The van der Waals surface area contributed by atoms with E-state index in [4.69, 9.17) is 4.74 Å². The number of fused-ring (bicyclic) bond motifs is 1. The Morgan fingerprint density at radius 2 is 1.50 bits per heavy atom. The number of ether oxygens (including phenoxy) is 1. The number of benzene rings is 3. The predicted molar refractivity (Wildman–Crippen MR) is 187 cm³/mol. The third kappa shape index (κ3) is 7.73. The Balaban J connectivity index is 1.21. The number of carbonyl (C=O) groups is 3. The molecule has 1 saturated heterocycles. The van der Waals surface area contributed by atoms with E-state index in [1.807, 2.05) is 41.3 Å². The summed E-state index contributed by atoms with van der Waals surface area (Å²) in [4.78, 5) is 53.4. The maximum Gasteiger partial charge on any atom is 0.340 e. The molecule has 0 saturated carbocycles. The second kappa shape index (κ2) is 15.7. The Kier molecular flexibility index (Phi) is 10.7. The summed E-state index contributed by atoms with van der Waals surface area (Å²) in [5.74, 6) is -0.893. The third-order valence-electron chi connectivity index (χ3n) is 8.33. The number of amides is 2. The van der Waals surface area contributed by atoms with Gasteiger partial charge in [0.2, 0.25) is 5.91 Å². The molecule has 2 aromatic heterocycles. The van der Waals surface area contributed by atoms with E-state index in [1.165, 1.54) is 29.1 Å². The standard InChI is InChI=1S/C38H37N5O4S/c1-2-47-38(46)31-17-11-19-39-36(31)48-26-33(41-35(44)30-24-29-16-9-10-18-32(29)40-25-30)37(45)43-22-20-42(21-23-43)34(27-12-5-3-6-13-27)28-14-7-4-8-15-28/h3-19,24-25,33-34H,2,20-23,26H2,1H3,(H,41,44). The number of nitrogens with one attached hydrogen (secondary N) is 1. The summed E-state index contributed by atoms with van der Waals surface area (Å²) < 4.78 is 5.22. The van der Waals surface area contributed by atoms with Crippen LogP contribution in [0.15, 0.2) is 121 Å². The molecule has 1 aliphatic rings. The van der Waals surface area contributed by atoms with Crippen LogP contribution in [0.25, 0.3) is 10.9 Å². The van der Waals surface area contributed by atoms with Crippen molar-refractivity contribution in [2.75, 3.05) is 38.5 Å².